The first-order valence-corrected chi connectivity index (χ1v) is 5.05. The van der Waals surface area contributed by atoms with Crippen molar-refractivity contribution in [1.82, 2.24) is 14.8 Å². The van der Waals surface area contributed by atoms with Crippen molar-refractivity contribution >= 4 is 5.84 Å². The lowest BCUT2D eigenvalue weighted by molar-refractivity contribution is 0.415. The molecule has 0 atom stereocenters. The van der Waals surface area contributed by atoms with E-state index in [0.717, 1.165) is 5.69 Å². The lowest BCUT2D eigenvalue weighted by Gasteiger charge is -2.04. The van der Waals surface area contributed by atoms with Gasteiger partial charge in [0.25, 0.3) is 0 Å². The third-order valence-corrected chi connectivity index (χ3v) is 2.22. The van der Waals surface area contributed by atoms with Crippen molar-refractivity contribution in [3.05, 3.63) is 35.7 Å². The van der Waals surface area contributed by atoms with E-state index in [2.05, 4.69) is 10.1 Å². The van der Waals surface area contributed by atoms with E-state index in [4.69, 9.17) is 15.9 Å². The van der Waals surface area contributed by atoms with Crippen LogP contribution in [0.25, 0.3) is 0 Å². The summed E-state index contributed by atoms with van der Waals surface area (Å²) in [7, 11) is 1.80. The standard InChI is InChI=1S/C11H13N5O/c1-7-5-10(16(2)15-7)17-9-4-3-8(6-14-9)11(12)13/h3-6H,1-2H3,(H3,12,13). The zero-order valence-corrected chi connectivity index (χ0v) is 9.64. The Bertz CT molecular complexity index is 543. The van der Waals surface area contributed by atoms with E-state index in [1.807, 2.05) is 13.0 Å². The largest absolute Gasteiger partial charge is 0.421 e. The topological polar surface area (TPSA) is 89.8 Å². The van der Waals surface area contributed by atoms with E-state index in [-0.39, 0.29) is 5.84 Å². The van der Waals surface area contributed by atoms with E-state index in [9.17, 15) is 0 Å². The van der Waals surface area contributed by atoms with Gasteiger partial charge in [-0.25, -0.2) is 9.67 Å². The molecular weight excluding hydrogens is 218 g/mol. The fraction of sp³-hybridized carbons (Fsp3) is 0.182. The summed E-state index contributed by atoms with van der Waals surface area (Å²) in [5.41, 5.74) is 6.78. The molecule has 0 aliphatic carbocycles. The summed E-state index contributed by atoms with van der Waals surface area (Å²) >= 11 is 0. The first-order valence-electron chi connectivity index (χ1n) is 5.05. The maximum atomic E-state index is 7.25. The van der Waals surface area contributed by atoms with Gasteiger partial charge in [0, 0.05) is 30.9 Å². The number of hydrogen-bond donors (Lipinski definition) is 2. The molecule has 0 spiro atoms. The van der Waals surface area contributed by atoms with Crippen LogP contribution in [0.3, 0.4) is 0 Å². The molecule has 17 heavy (non-hydrogen) atoms. The second-order valence-electron chi connectivity index (χ2n) is 3.65. The van der Waals surface area contributed by atoms with Crippen molar-refractivity contribution < 1.29 is 4.74 Å². The minimum Gasteiger partial charge on any atom is -0.421 e. The van der Waals surface area contributed by atoms with Crippen molar-refractivity contribution in [2.45, 2.75) is 6.92 Å². The summed E-state index contributed by atoms with van der Waals surface area (Å²) in [6, 6.07) is 5.17. The van der Waals surface area contributed by atoms with Gasteiger partial charge in [0.1, 0.15) is 5.84 Å². The number of aromatic nitrogens is 3. The van der Waals surface area contributed by atoms with Crippen molar-refractivity contribution in [1.29, 1.82) is 5.41 Å². The number of rotatable bonds is 3. The number of nitrogen functional groups attached to an aromatic ring is 1. The summed E-state index contributed by atoms with van der Waals surface area (Å²) in [4.78, 5) is 4.06. The number of amidine groups is 1. The zero-order chi connectivity index (χ0) is 12.4. The Hall–Kier alpha value is -2.37. The van der Waals surface area contributed by atoms with Crippen molar-refractivity contribution in [2.24, 2.45) is 12.8 Å². The Morgan fingerprint density at radius 2 is 2.24 bits per heavy atom. The van der Waals surface area contributed by atoms with Crippen LogP contribution in [0, 0.1) is 12.3 Å². The highest BCUT2D eigenvalue weighted by Crippen LogP contribution is 2.19. The number of ether oxygens (including phenoxy) is 1. The van der Waals surface area contributed by atoms with Crippen LogP contribution in [-0.2, 0) is 7.05 Å². The first-order chi connectivity index (χ1) is 8.06. The number of aryl methyl sites for hydroxylation is 2. The monoisotopic (exact) mass is 231 g/mol. The number of nitrogens with two attached hydrogens (primary N) is 1. The van der Waals surface area contributed by atoms with Crippen LogP contribution in [0.5, 0.6) is 11.8 Å². The van der Waals surface area contributed by atoms with E-state index in [1.165, 1.54) is 6.20 Å². The predicted molar refractivity (Wildman–Crippen MR) is 63.3 cm³/mol. The molecule has 3 N–H and O–H groups in total. The highest BCUT2D eigenvalue weighted by molar-refractivity contribution is 5.94. The van der Waals surface area contributed by atoms with Gasteiger partial charge in [-0.15, -0.1) is 0 Å². The second-order valence-corrected chi connectivity index (χ2v) is 3.65. The highest BCUT2D eigenvalue weighted by Gasteiger charge is 2.05. The van der Waals surface area contributed by atoms with Gasteiger partial charge < -0.3 is 10.5 Å². The molecule has 0 aliphatic heterocycles. The Labute approximate surface area is 98.5 Å². The average molecular weight is 231 g/mol. The maximum absolute atomic E-state index is 7.25. The van der Waals surface area contributed by atoms with E-state index < -0.39 is 0 Å². The molecule has 0 unspecified atom stereocenters. The van der Waals surface area contributed by atoms with Crippen LogP contribution in [0.4, 0.5) is 0 Å². The van der Waals surface area contributed by atoms with Gasteiger partial charge in [-0.3, -0.25) is 5.41 Å². The number of hydrogen-bond acceptors (Lipinski definition) is 4. The number of pyridine rings is 1. The summed E-state index contributed by atoms with van der Waals surface area (Å²) in [5.74, 6) is 1.05. The van der Waals surface area contributed by atoms with Gasteiger partial charge in [0.05, 0.1) is 5.69 Å². The molecular formula is C11H13N5O. The molecule has 2 aromatic heterocycles. The van der Waals surface area contributed by atoms with Gasteiger partial charge in [-0.1, -0.05) is 0 Å². The van der Waals surface area contributed by atoms with Gasteiger partial charge in [-0.05, 0) is 13.0 Å². The molecule has 6 nitrogen and oxygen atoms in total. The van der Waals surface area contributed by atoms with Crippen LogP contribution in [-0.4, -0.2) is 20.6 Å². The normalized spacial score (nSPS) is 10.2. The molecule has 2 aromatic rings. The Morgan fingerprint density at radius 1 is 1.47 bits per heavy atom. The van der Waals surface area contributed by atoms with Gasteiger partial charge >= 0.3 is 0 Å². The Balaban J connectivity index is 2.19. The molecule has 2 rings (SSSR count). The Morgan fingerprint density at radius 3 is 2.71 bits per heavy atom. The minimum absolute atomic E-state index is 0.0135. The predicted octanol–water partition coefficient (Wildman–Crippen LogP) is 1.20. The van der Waals surface area contributed by atoms with Crippen molar-refractivity contribution in [3.8, 4) is 11.8 Å². The average Bonchev–Trinajstić information content (AvgIpc) is 2.58. The molecule has 0 radical (unpaired) electrons. The van der Waals surface area contributed by atoms with Crippen LogP contribution in [0.2, 0.25) is 0 Å². The van der Waals surface area contributed by atoms with E-state index >= 15 is 0 Å². The molecule has 0 saturated carbocycles. The first kappa shape index (κ1) is 11.1. The molecule has 6 heteroatoms. The molecule has 0 saturated heterocycles. The molecule has 2 heterocycles. The van der Waals surface area contributed by atoms with Crippen LogP contribution < -0.4 is 10.5 Å². The van der Waals surface area contributed by atoms with E-state index in [0.29, 0.717) is 17.3 Å². The van der Waals surface area contributed by atoms with E-state index in [1.54, 1.807) is 23.9 Å². The number of nitrogens with one attached hydrogen (secondary N) is 1. The van der Waals surface area contributed by atoms with Gasteiger partial charge in [-0.2, -0.15) is 5.10 Å². The molecule has 0 amide bonds. The van der Waals surface area contributed by atoms with Gasteiger partial charge in [0.2, 0.25) is 11.8 Å². The molecule has 0 bridgehead atoms. The summed E-state index contributed by atoms with van der Waals surface area (Å²) < 4.78 is 7.18. The third-order valence-electron chi connectivity index (χ3n) is 2.22. The molecule has 0 aliphatic rings. The fourth-order valence-electron chi connectivity index (χ4n) is 1.39. The second kappa shape index (κ2) is 4.25. The lowest BCUT2D eigenvalue weighted by Crippen LogP contribution is -2.11. The fourth-order valence-corrected chi connectivity index (χ4v) is 1.39. The molecule has 0 aromatic carbocycles. The van der Waals surface area contributed by atoms with Gasteiger partial charge in [0.15, 0.2) is 0 Å². The van der Waals surface area contributed by atoms with Crippen molar-refractivity contribution in [2.75, 3.05) is 0 Å². The summed E-state index contributed by atoms with van der Waals surface area (Å²) in [5, 5.41) is 11.4. The lowest BCUT2D eigenvalue weighted by atomic mass is 10.3. The zero-order valence-electron chi connectivity index (χ0n) is 9.64. The van der Waals surface area contributed by atoms with Crippen LogP contribution >= 0.6 is 0 Å². The quantitative estimate of drug-likeness (QED) is 0.613. The number of nitrogens with zero attached hydrogens (tertiary/aromatic N) is 3. The SMILES string of the molecule is Cc1cc(Oc2ccc(C(=N)N)cn2)n(C)n1. The molecule has 0 fully saturated rings. The summed E-state index contributed by atoms with van der Waals surface area (Å²) in [6.45, 7) is 1.89. The third kappa shape index (κ3) is 2.41. The van der Waals surface area contributed by atoms with Crippen LogP contribution in [0.1, 0.15) is 11.3 Å². The van der Waals surface area contributed by atoms with Crippen LogP contribution in [0.15, 0.2) is 24.4 Å². The smallest absolute Gasteiger partial charge is 0.221 e. The van der Waals surface area contributed by atoms with Crippen molar-refractivity contribution in [3.63, 3.8) is 0 Å². The highest BCUT2D eigenvalue weighted by atomic mass is 16.5. The molecule has 88 valence electrons. The minimum atomic E-state index is -0.0135. The Kier molecular flexibility index (Phi) is 2.78. The maximum Gasteiger partial charge on any atom is 0.221 e. The summed E-state index contributed by atoms with van der Waals surface area (Å²) in [6.07, 6.45) is 1.50.